The number of carbonyl (C=O) groups excluding carboxylic acids is 1. The molecular weight excluding hydrogens is 360 g/mol. The Labute approximate surface area is 177 Å². The third-order valence-electron chi connectivity index (χ3n) is 11.5. The van der Waals surface area contributed by atoms with Gasteiger partial charge < -0.3 is 5.11 Å². The van der Waals surface area contributed by atoms with Crippen molar-refractivity contribution in [1.82, 2.24) is 0 Å². The number of hydrogen-bond donors (Lipinski definition) is 1. The first-order chi connectivity index (χ1) is 13.3. The fourth-order valence-electron chi connectivity index (χ4n) is 9.52. The van der Waals surface area contributed by atoms with Gasteiger partial charge in [-0.25, -0.2) is 0 Å². The fraction of sp³-hybridized carbons (Fsp3) is 0.923. The molecule has 4 rings (SSSR count). The van der Waals surface area contributed by atoms with Gasteiger partial charge in [0.25, 0.3) is 0 Å². The number of rotatable bonds is 2. The molecule has 29 heavy (non-hydrogen) atoms. The van der Waals surface area contributed by atoms with Gasteiger partial charge >= 0.3 is 5.97 Å². The largest absolute Gasteiger partial charge is 0.481 e. The van der Waals surface area contributed by atoms with Gasteiger partial charge in [0.2, 0.25) is 0 Å². The van der Waals surface area contributed by atoms with E-state index in [0.29, 0.717) is 29.5 Å². The van der Waals surface area contributed by atoms with Crippen LogP contribution >= 0.6 is 0 Å². The Morgan fingerprint density at radius 1 is 0.931 bits per heavy atom. The Bertz CT molecular complexity index is 729. The van der Waals surface area contributed by atoms with Crippen molar-refractivity contribution in [3.63, 3.8) is 0 Å². The first kappa shape index (κ1) is 21.4. The number of aliphatic carboxylic acids is 1. The van der Waals surface area contributed by atoms with Crippen LogP contribution in [0.2, 0.25) is 0 Å². The highest BCUT2D eigenvalue weighted by molar-refractivity contribution is 5.82. The number of Topliss-reactive ketones (excluding diaryl/α,β-unsaturated/α-hetero) is 1. The number of ketones is 1. The summed E-state index contributed by atoms with van der Waals surface area (Å²) >= 11 is 0. The number of hydrogen-bond acceptors (Lipinski definition) is 2. The molecule has 4 saturated carbocycles. The quantitative estimate of drug-likeness (QED) is 0.574. The topological polar surface area (TPSA) is 54.4 Å². The van der Waals surface area contributed by atoms with Crippen molar-refractivity contribution in [1.29, 1.82) is 0 Å². The first-order valence-corrected chi connectivity index (χ1v) is 12.0. The summed E-state index contributed by atoms with van der Waals surface area (Å²) in [5.41, 5.74) is 0.921. The zero-order chi connectivity index (χ0) is 21.5. The predicted molar refractivity (Wildman–Crippen MR) is 115 cm³/mol. The maximum absolute atomic E-state index is 12.6. The van der Waals surface area contributed by atoms with Gasteiger partial charge in [0.1, 0.15) is 5.78 Å². The number of carboxylic acids is 1. The molecule has 4 aliphatic carbocycles. The molecule has 3 heteroatoms. The minimum Gasteiger partial charge on any atom is -0.481 e. The molecule has 0 unspecified atom stereocenters. The molecule has 164 valence electrons. The molecule has 0 aromatic rings. The van der Waals surface area contributed by atoms with Gasteiger partial charge in [-0.15, -0.1) is 0 Å². The third-order valence-corrected chi connectivity index (χ3v) is 11.5. The van der Waals surface area contributed by atoms with Crippen LogP contribution < -0.4 is 0 Å². The predicted octanol–water partition coefficient (Wildman–Crippen LogP) is 6.50. The van der Waals surface area contributed by atoms with E-state index in [1.165, 1.54) is 25.7 Å². The number of fused-ring (bicyclic) bond motifs is 5. The standard InChI is InChI=1S/C26H42O3/c1-17-18(27)7-8-19-24(17,4)10-9-20-25(19,5)13-12-23(3)16-22(2,15-21(28)29)11-14-26(20,23)6/h17,19-20H,7-16H2,1-6H3,(H,28,29)/t17-,19+,20-,22-,23-,24+,25-,26+/m0/s1. The lowest BCUT2D eigenvalue weighted by Gasteiger charge is -2.71. The zero-order valence-corrected chi connectivity index (χ0v) is 19.6. The highest BCUT2D eigenvalue weighted by atomic mass is 16.4. The lowest BCUT2D eigenvalue weighted by atomic mass is 9.33. The fourth-order valence-corrected chi connectivity index (χ4v) is 9.52. The van der Waals surface area contributed by atoms with Crippen molar-refractivity contribution in [3.8, 4) is 0 Å². The Morgan fingerprint density at radius 3 is 2.28 bits per heavy atom. The molecule has 8 atom stereocenters. The minimum atomic E-state index is -0.644. The Hall–Kier alpha value is -0.860. The van der Waals surface area contributed by atoms with Crippen molar-refractivity contribution >= 4 is 11.8 Å². The lowest BCUT2D eigenvalue weighted by molar-refractivity contribution is -0.226. The van der Waals surface area contributed by atoms with Crippen LogP contribution in [0, 0.1) is 44.8 Å². The molecule has 0 radical (unpaired) electrons. The summed E-state index contributed by atoms with van der Waals surface area (Å²) in [6.07, 6.45) is 10.3. The summed E-state index contributed by atoms with van der Waals surface area (Å²) in [4.78, 5) is 24.1. The Kier molecular flexibility index (Phi) is 4.66. The average molecular weight is 403 g/mol. The average Bonchev–Trinajstić information content (AvgIpc) is 2.60. The van der Waals surface area contributed by atoms with E-state index in [1.807, 2.05) is 0 Å². The van der Waals surface area contributed by atoms with Crippen LogP contribution in [0.1, 0.15) is 106 Å². The second kappa shape index (κ2) is 6.33. The van der Waals surface area contributed by atoms with Gasteiger partial charge in [0.15, 0.2) is 0 Å². The van der Waals surface area contributed by atoms with Gasteiger partial charge in [-0.1, -0.05) is 41.5 Å². The van der Waals surface area contributed by atoms with Crippen LogP contribution in [0.3, 0.4) is 0 Å². The van der Waals surface area contributed by atoms with Gasteiger partial charge in [0.05, 0.1) is 6.42 Å². The summed E-state index contributed by atoms with van der Waals surface area (Å²) in [6.45, 7) is 14.4. The van der Waals surface area contributed by atoms with E-state index >= 15 is 0 Å². The molecule has 1 N–H and O–H groups in total. The summed E-state index contributed by atoms with van der Waals surface area (Å²) in [5, 5.41) is 9.48. The van der Waals surface area contributed by atoms with Crippen molar-refractivity contribution in [2.45, 2.75) is 106 Å². The van der Waals surface area contributed by atoms with Crippen LogP contribution in [-0.4, -0.2) is 16.9 Å². The molecule has 0 bridgehead atoms. The van der Waals surface area contributed by atoms with Crippen LogP contribution in [-0.2, 0) is 9.59 Å². The molecule has 3 nitrogen and oxygen atoms in total. The van der Waals surface area contributed by atoms with E-state index in [4.69, 9.17) is 0 Å². The second-order valence-corrected chi connectivity index (χ2v) is 12.9. The number of carbonyl (C=O) groups is 2. The van der Waals surface area contributed by atoms with E-state index in [0.717, 1.165) is 32.1 Å². The van der Waals surface area contributed by atoms with Crippen molar-refractivity contribution < 1.29 is 14.7 Å². The van der Waals surface area contributed by atoms with Gasteiger partial charge in [-0.3, -0.25) is 9.59 Å². The first-order valence-electron chi connectivity index (χ1n) is 12.0. The molecule has 0 aromatic heterocycles. The van der Waals surface area contributed by atoms with Crippen LogP contribution in [0.15, 0.2) is 0 Å². The molecule has 0 spiro atoms. The second-order valence-electron chi connectivity index (χ2n) is 12.9. The maximum Gasteiger partial charge on any atom is 0.303 e. The van der Waals surface area contributed by atoms with Crippen LogP contribution in [0.5, 0.6) is 0 Å². The van der Waals surface area contributed by atoms with E-state index < -0.39 is 5.97 Å². The molecular formula is C26H42O3. The number of carboxylic acid groups (broad SMARTS) is 1. The molecule has 0 aliphatic heterocycles. The molecule has 4 fully saturated rings. The summed E-state index contributed by atoms with van der Waals surface area (Å²) in [7, 11) is 0. The summed E-state index contributed by atoms with van der Waals surface area (Å²) < 4.78 is 0. The Morgan fingerprint density at radius 2 is 1.62 bits per heavy atom. The summed E-state index contributed by atoms with van der Waals surface area (Å²) in [6, 6.07) is 0. The van der Waals surface area contributed by atoms with E-state index in [9.17, 15) is 14.7 Å². The van der Waals surface area contributed by atoms with E-state index in [-0.39, 0.29) is 27.6 Å². The smallest absolute Gasteiger partial charge is 0.303 e. The van der Waals surface area contributed by atoms with Crippen molar-refractivity contribution in [3.05, 3.63) is 0 Å². The molecule has 0 aromatic carbocycles. The van der Waals surface area contributed by atoms with Crippen LogP contribution in [0.4, 0.5) is 0 Å². The molecule has 4 aliphatic rings. The molecule has 0 saturated heterocycles. The van der Waals surface area contributed by atoms with Gasteiger partial charge in [-0.05, 0) is 90.3 Å². The van der Waals surface area contributed by atoms with Gasteiger partial charge in [0, 0.05) is 12.3 Å². The van der Waals surface area contributed by atoms with Crippen molar-refractivity contribution in [2.75, 3.05) is 0 Å². The van der Waals surface area contributed by atoms with E-state index in [2.05, 4.69) is 41.5 Å². The van der Waals surface area contributed by atoms with Crippen molar-refractivity contribution in [2.24, 2.45) is 44.8 Å². The third kappa shape index (κ3) is 2.81. The zero-order valence-electron chi connectivity index (χ0n) is 19.6. The highest BCUT2D eigenvalue weighted by Crippen LogP contribution is 2.75. The Balaban J connectivity index is 1.68. The molecule has 0 heterocycles. The molecule has 0 amide bonds. The highest BCUT2D eigenvalue weighted by Gasteiger charge is 2.67. The summed E-state index contributed by atoms with van der Waals surface area (Å²) in [5.74, 6) is 1.39. The SMILES string of the molecule is C[C@H]1C(=O)CC[C@@H]2[C@]1(C)CC[C@H]1[C@@]2(C)CC[C@@]2(C)C[C@](C)(CC(=O)O)CC[C@]12C. The van der Waals surface area contributed by atoms with E-state index in [1.54, 1.807) is 0 Å². The van der Waals surface area contributed by atoms with Crippen LogP contribution in [0.25, 0.3) is 0 Å². The maximum atomic E-state index is 12.6. The minimum absolute atomic E-state index is 0.0667. The lowest BCUT2D eigenvalue weighted by Crippen LogP contribution is -2.64. The monoisotopic (exact) mass is 402 g/mol. The normalized spacial score (nSPS) is 54.8. The van der Waals surface area contributed by atoms with Gasteiger partial charge in [-0.2, -0.15) is 0 Å².